The van der Waals surface area contributed by atoms with Crippen LogP contribution in [0.25, 0.3) is 33.3 Å². The monoisotopic (exact) mass is 502 g/mol. The fraction of sp³-hybridized carbons (Fsp3) is 0.107. The number of aromatic nitrogens is 1. The van der Waals surface area contributed by atoms with Crippen molar-refractivity contribution < 1.29 is 23.1 Å². The highest BCUT2D eigenvalue weighted by atomic mass is 35.5. The van der Waals surface area contributed by atoms with Crippen LogP contribution in [0.2, 0.25) is 5.02 Å². The number of hydrogen-bond acceptors (Lipinski definition) is 5. The zero-order chi connectivity index (χ0) is 25.2. The van der Waals surface area contributed by atoms with E-state index in [2.05, 4.69) is 10.3 Å². The van der Waals surface area contributed by atoms with Gasteiger partial charge in [0.05, 0.1) is 10.6 Å². The second kappa shape index (κ2) is 9.79. The Labute approximate surface area is 210 Å². The highest BCUT2D eigenvalue weighted by Crippen LogP contribution is 2.33. The van der Waals surface area contributed by atoms with E-state index in [4.69, 9.17) is 20.8 Å². The fourth-order valence-electron chi connectivity index (χ4n) is 3.99. The Hall–Kier alpha value is -4.23. The zero-order valence-corrected chi connectivity index (χ0v) is 19.9. The van der Waals surface area contributed by atoms with Crippen LogP contribution < -0.4 is 5.32 Å². The summed E-state index contributed by atoms with van der Waals surface area (Å²) < 4.78 is 25.0. The van der Waals surface area contributed by atoms with Crippen molar-refractivity contribution in [2.24, 2.45) is 0 Å². The predicted molar refractivity (Wildman–Crippen MR) is 136 cm³/mol. The number of anilines is 1. The molecule has 0 fully saturated rings. The number of fused-ring (bicyclic) bond motifs is 2. The first-order valence-electron chi connectivity index (χ1n) is 11.3. The molecule has 0 aliphatic carbocycles. The molecule has 1 aromatic heterocycles. The van der Waals surface area contributed by atoms with E-state index in [1.165, 1.54) is 12.1 Å². The van der Waals surface area contributed by atoms with Gasteiger partial charge in [0.1, 0.15) is 11.3 Å². The highest BCUT2D eigenvalue weighted by Gasteiger charge is 2.25. The van der Waals surface area contributed by atoms with Crippen molar-refractivity contribution in [3.05, 3.63) is 95.3 Å². The number of halogens is 2. The number of carbonyl (C=O) groups excluding carboxylic acids is 2. The summed E-state index contributed by atoms with van der Waals surface area (Å²) in [6, 6.07) is 22.0. The van der Waals surface area contributed by atoms with Gasteiger partial charge in [0.2, 0.25) is 5.89 Å². The molecule has 0 aliphatic heterocycles. The quantitative estimate of drug-likeness (QED) is 0.252. The van der Waals surface area contributed by atoms with Gasteiger partial charge < -0.3 is 14.5 Å². The lowest BCUT2D eigenvalue weighted by molar-refractivity contribution is -0.124. The molecule has 0 spiro atoms. The molecule has 0 aliphatic rings. The molecule has 4 aromatic carbocycles. The molecule has 5 rings (SSSR count). The zero-order valence-electron chi connectivity index (χ0n) is 19.1. The van der Waals surface area contributed by atoms with Crippen molar-refractivity contribution in [3.63, 3.8) is 0 Å². The van der Waals surface area contributed by atoms with Gasteiger partial charge in [0.15, 0.2) is 11.7 Å². The molecule has 6 nitrogen and oxygen atoms in total. The third kappa shape index (κ3) is 4.53. The number of hydrogen-bond donors (Lipinski definition) is 1. The summed E-state index contributed by atoms with van der Waals surface area (Å²) in [6.45, 7) is 1.72. The van der Waals surface area contributed by atoms with Crippen molar-refractivity contribution in [2.45, 2.75) is 19.4 Å². The van der Waals surface area contributed by atoms with E-state index in [9.17, 15) is 14.0 Å². The van der Waals surface area contributed by atoms with E-state index < -0.39 is 23.8 Å². The number of para-hydroxylation sites is 2. The van der Waals surface area contributed by atoms with Gasteiger partial charge in [-0.25, -0.2) is 14.2 Å². The molecule has 0 saturated carbocycles. The molecule has 1 N–H and O–H groups in total. The number of nitrogens with one attached hydrogen (secondary N) is 1. The summed E-state index contributed by atoms with van der Waals surface area (Å²) in [5, 5.41) is 3.89. The number of amides is 1. The third-order valence-corrected chi connectivity index (χ3v) is 6.04. The van der Waals surface area contributed by atoms with Crippen LogP contribution in [-0.2, 0) is 9.53 Å². The number of esters is 1. The molecular weight excluding hydrogens is 483 g/mol. The first-order chi connectivity index (χ1) is 17.4. The fourth-order valence-corrected chi connectivity index (χ4v) is 4.17. The van der Waals surface area contributed by atoms with E-state index in [1.807, 2.05) is 48.5 Å². The predicted octanol–water partition coefficient (Wildman–Crippen LogP) is 7.01. The van der Waals surface area contributed by atoms with Crippen LogP contribution in [0.3, 0.4) is 0 Å². The van der Waals surface area contributed by atoms with Gasteiger partial charge in [-0.1, -0.05) is 54.9 Å². The number of carbonyl (C=O) groups is 2. The number of benzene rings is 4. The smallest absolute Gasteiger partial charge is 0.339 e. The molecule has 5 aromatic rings. The average Bonchev–Trinajstić information content (AvgIpc) is 3.32. The molecule has 180 valence electrons. The third-order valence-electron chi connectivity index (χ3n) is 5.75. The molecule has 1 unspecified atom stereocenters. The van der Waals surface area contributed by atoms with Crippen molar-refractivity contribution in [3.8, 4) is 11.5 Å². The van der Waals surface area contributed by atoms with Crippen molar-refractivity contribution in [1.29, 1.82) is 0 Å². The molecule has 8 heteroatoms. The SMILES string of the molecule is CCC(OC(=O)c1cccc2cccc(-c3nc4ccccc4o3)c12)C(=O)Nc1ccc(F)c(Cl)c1. The van der Waals surface area contributed by atoms with Crippen LogP contribution in [-0.4, -0.2) is 23.0 Å². The summed E-state index contributed by atoms with van der Waals surface area (Å²) >= 11 is 5.80. The van der Waals surface area contributed by atoms with Gasteiger partial charge in [-0.2, -0.15) is 0 Å². The van der Waals surface area contributed by atoms with E-state index in [1.54, 1.807) is 19.1 Å². The van der Waals surface area contributed by atoms with Gasteiger partial charge >= 0.3 is 5.97 Å². The Bertz CT molecular complexity index is 1580. The maximum absolute atomic E-state index is 13.4. The lowest BCUT2D eigenvalue weighted by atomic mass is 9.99. The van der Waals surface area contributed by atoms with Crippen LogP contribution >= 0.6 is 11.6 Å². The number of nitrogens with zero attached hydrogens (tertiary/aromatic N) is 1. The lowest BCUT2D eigenvalue weighted by Gasteiger charge is -2.17. The maximum Gasteiger partial charge on any atom is 0.339 e. The van der Waals surface area contributed by atoms with Crippen LogP contribution in [0.1, 0.15) is 23.7 Å². The first kappa shape index (κ1) is 23.5. The van der Waals surface area contributed by atoms with Crippen molar-refractivity contribution in [1.82, 2.24) is 4.98 Å². The Morgan fingerprint density at radius 3 is 2.58 bits per heavy atom. The van der Waals surface area contributed by atoms with Crippen LogP contribution in [0.4, 0.5) is 10.1 Å². The van der Waals surface area contributed by atoms with Gasteiger partial charge in [-0.05, 0) is 54.3 Å². The second-order valence-corrected chi connectivity index (χ2v) is 8.52. The molecule has 1 atom stereocenters. The average molecular weight is 503 g/mol. The van der Waals surface area contributed by atoms with Gasteiger partial charge in [0.25, 0.3) is 5.91 Å². The molecule has 36 heavy (non-hydrogen) atoms. The van der Waals surface area contributed by atoms with E-state index in [-0.39, 0.29) is 17.0 Å². The number of rotatable bonds is 6. The standard InChI is InChI=1S/C28H20ClFN2O4/c1-2-23(26(33)31-17-13-14-21(30)20(29)15-17)36-28(34)19-10-6-8-16-7-5-9-18(25(16)19)27-32-22-11-3-4-12-24(22)35-27/h3-15,23H,2H2,1H3,(H,31,33). The van der Waals surface area contributed by atoms with Crippen LogP contribution in [0.15, 0.2) is 83.3 Å². The first-order valence-corrected chi connectivity index (χ1v) is 11.7. The summed E-state index contributed by atoms with van der Waals surface area (Å²) in [7, 11) is 0. The van der Waals surface area contributed by atoms with E-state index in [0.29, 0.717) is 33.6 Å². The summed E-state index contributed by atoms with van der Waals surface area (Å²) in [5.41, 5.74) is 2.54. The van der Waals surface area contributed by atoms with E-state index >= 15 is 0 Å². The minimum Gasteiger partial charge on any atom is -0.449 e. The van der Waals surface area contributed by atoms with Gasteiger partial charge in [0, 0.05) is 16.6 Å². The Morgan fingerprint density at radius 2 is 1.83 bits per heavy atom. The topological polar surface area (TPSA) is 81.4 Å². The molecule has 0 radical (unpaired) electrons. The normalized spacial score (nSPS) is 12.0. The molecular formula is C28H20ClFN2O4. The number of oxazole rings is 1. The minimum absolute atomic E-state index is 0.125. The molecule has 1 heterocycles. The largest absolute Gasteiger partial charge is 0.449 e. The van der Waals surface area contributed by atoms with Crippen molar-refractivity contribution in [2.75, 3.05) is 5.32 Å². The summed E-state index contributed by atoms with van der Waals surface area (Å²) in [6.07, 6.45) is -0.844. The second-order valence-electron chi connectivity index (χ2n) is 8.12. The van der Waals surface area contributed by atoms with E-state index in [0.717, 1.165) is 11.5 Å². The Kier molecular flexibility index (Phi) is 6.40. The minimum atomic E-state index is -1.08. The van der Waals surface area contributed by atoms with Crippen LogP contribution in [0, 0.1) is 5.82 Å². The molecule has 0 bridgehead atoms. The van der Waals surface area contributed by atoms with Gasteiger partial charge in [-0.3, -0.25) is 4.79 Å². The summed E-state index contributed by atoms with van der Waals surface area (Å²) in [5.74, 6) is -1.44. The Morgan fingerprint density at radius 1 is 1.06 bits per heavy atom. The number of ether oxygens (including phenoxy) is 1. The summed E-state index contributed by atoms with van der Waals surface area (Å²) in [4.78, 5) is 30.7. The Balaban J connectivity index is 1.46. The highest BCUT2D eigenvalue weighted by molar-refractivity contribution is 6.31. The van der Waals surface area contributed by atoms with Crippen molar-refractivity contribution >= 4 is 51.0 Å². The molecule has 1 amide bonds. The van der Waals surface area contributed by atoms with Gasteiger partial charge in [-0.15, -0.1) is 0 Å². The maximum atomic E-state index is 13.4. The van der Waals surface area contributed by atoms with Crippen LogP contribution in [0.5, 0.6) is 0 Å². The lowest BCUT2D eigenvalue weighted by Crippen LogP contribution is -2.32. The molecule has 0 saturated heterocycles.